The zero-order valence-corrected chi connectivity index (χ0v) is 13.8. The maximum atomic E-state index is 9.76. The predicted octanol–water partition coefficient (Wildman–Crippen LogP) is 2.53. The van der Waals surface area contributed by atoms with Gasteiger partial charge in [-0.15, -0.1) is 0 Å². The highest BCUT2D eigenvalue weighted by Gasteiger charge is 2.12. The largest absolute Gasteiger partial charge is 0.394 e. The van der Waals surface area contributed by atoms with Gasteiger partial charge in [0.25, 0.3) is 0 Å². The number of hydrogen-bond donors (Lipinski definition) is 2. The molecule has 4 nitrogen and oxygen atoms in total. The van der Waals surface area contributed by atoms with Gasteiger partial charge in [0, 0.05) is 11.8 Å². The summed E-state index contributed by atoms with van der Waals surface area (Å²) in [5.41, 5.74) is -0.470. The van der Waals surface area contributed by atoms with Crippen molar-refractivity contribution in [2.75, 3.05) is 11.9 Å². The fraction of sp³-hybridized carbons (Fsp3) is 0.846. The van der Waals surface area contributed by atoms with E-state index < -0.39 is 5.54 Å². The highest BCUT2D eigenvalue weighted by Crippen LogP contribution is 1.99. The van der Waals surface area contributed by atoms with E-state index >= 15 is 0 Å². The Balaban J connectivity index is -0.000000207. The second kappa shape index (κ2) is 16.6. The molecule has 0 spiro atoms. The highest BCUT2D eigenvalue weighted by atomic mass is 79.9. The normalized spacial score (nSPS) is 9.56. The zero-order chi connectivity index (χ0) is 15.0. The topological polar surface area (TPSA) is 66.4 Å². The average Bonchev–Trinajstić information content (AvgIpc) is 2.28. The first kappa shape index (κ1) is 22.7. The van der Waals surface area contributed by atoms with Gasteiger partial charge in [-0.25, -0.2) is 0 Å². The lowest BCUT2D eigenvalue weighted by molar-refractivity contribution is -0.111. The smallest absolute Gasteiger partial charge is 0.207 e. The molecule has 0 aromatic heterocycles. The number of alkyl halides is 1. The van der Waals surface area contributed by atoms with Crippen molar-refractivity contribution < 1.29 is 14.7 Å². The second-order valence-corrected chi connectivity index (χ2v) is 5.83. The molecule has 1 amide bonds. The third kappa shape index (κ3) is 29.6. The van der Waals surface area contributed by atoms with Gasteiger partial charge in [-0.1, -0.05) is 36.7 Å². The summed E-state index contributed by atoms with van der Waals surface area (Å²) in [6, 6.07) is 0. The van der Waals surface area contributed by atoms with Crippen LogP contribution in [0.15, 0.2) is 0 Å². The lowest BCUT2D eigenvalue weighted by atomic mass is 10.1. The van der Waals surface area contributed by atoms with Crippen molar-refractivity contribution >= 4 is 28.6 Å². The summed E-state index contributed by atoms with van der Waals surface area (Å²) in [4.78, 5) is 19.5. The van der Waals surface area contributed by atoms with Crippen LogP contribution in [0.2, 0.25) is 0 Å². The van der Waals surface area contributed by atoms with Crippen molar-refractivity contribution in [3.63, 3.8) is 0 Å². The van der Waals surface area contributed by atoms with E-state index in [-0.39, 0.29) is 6.61 Å². The Hall–Kier alpha value is -0.420. The molecule has 0 atom stereocenters. The van der Waals surface area contributed by atoms with Gasteiger partial charge >= 0.3 is 0 Å². The molecule has 0 aliphatic rings. The number of rotatable bonds is 6. The van der Waals surface area contributed by atoms with Crippen LogP contribution in [-0.2, 0) is 9.59 Å². The van der Waals surface area contributed by atoms with Gasteiger partial charge in [0.15, 0.2) is 0 Å². The van der Waals surface area contributed by atoms with Gasteiger partial charge in [0.2, 0.25) is 6.41 Å². The van der Waals surface area contributed by atoms with E-state index in [1.165, 1.54) is 0 Å². The van der Waals surface area contributed by atoms with Crippen LogP contribution in [-0.4, -0.2) is 35.3 Å². The maximum Gasteiger partial charge on any atom is 0.207 e. The number of hydrogen-bond acceptors (Lipinski definition) is 3. The van der Waals surface area contributed by atoms with Crippen molar-refractivity contribution in [1.82, 2.24) is 5.32 Å². The fourth-order valence-corrected chi connectivity index (χ4v) is 0.607. The van der Waals surface area contributed by atoms with Gasteiger partial charge in [0.05, 0.1) is 12.1 Å². The van der Waals surface area contributed by atoms with Crippen LogP contribution in [0.25, 0.3) is 0 Å². The van der Waals surface area contributed by atoms with Gasteiger partial charge in [-0.3, -0.25) is 4.79 Å². The van der Waals surface area contributed by atoms with E-state index in [9.17, 15) is 9.59 Å². The summed E-state index contributed by atoms with van der Waals surface area (Å²) in [6.45, 7) is 9.71. The van der Waals surface area contributed by atoms with E-state index in [1.54, 1.807) is 13.8 Å². The van der Waals surface area contributed by atoms with Crippen LogP contribution >= 0.6 is 15.9 Å². The number of nitrogens with one attached hydrogen (secondary N) is 1. The first-order valence-electron chi connectivity index (χ1n) is 6.13. The van der Waals surface area contributed by atoms with Gasteiger partial charge in [-0.05, 0) is 26.2 Å². The Morgan fingerprint density at radius 3 is 1.89 bits per heavy atom. The average molecular weight is 326 g/mol. The molecule has 2 N–H and O–H groups in total. The molecule has 0 rings (SSSR count). The summed E-state index contributed by atoms with van der Waals surface area (Å²) in [7, 11) is 0. The lowest BCUT2D eigenvalue weighted by Crippen LogP contribution is -2.41. The van der Waals surface area contributed by atoms with Crippen molar-refractivity contribution in [2.24, 2.45) is 5.92 Å². The molecule has 0 heterocycles. The number of halogens is 1. The van der Waals surface area contributed by atoms with Gasteiger partial charge < -0.3 is 15.2 Å². The summed E-state index contributed by atoms with van der Waals surface area (Å²) in [5.74, 6) is 0.671. The first-order chi connectivity index (χ1) is 8.31. The monoisotopic (exact) mass is 325 g/mol. The summed E-state index contributed by atoms with van der Waals surface area (Å²) in [5, 5.41) is 12.0. The molecule has 0 bridgehead atoms. The molecule has 18 heavy (non-hydrogen) atoms. The molecular weight excluding hydrogens is 298 g/mol. The number of carbonyl (C=O) groups excluding carboxylic acids is 2. The summed E-state index contributed by atoms with van der Waals surface area (Å²) >= 11 is 3.15. The first-order valence-corrected chi connectivity index (χ1v) is 7.25. The number of carbonyl (C=O) groups is 2. The van der Waals surface area contributed by atoms with Crippen molar-refractivity contribution in [2.45, 2.75) is 53.0 Å². The molecule has 0 aromatic carbocycles. The Morgan fingerprint density at radius 1 is 1.33 bits per heavy atom. The second-order valence-electron chi connectivity index (χ2n) is 4.71. The van der Waals surface area contributed by atoms with Gasteiger partial charge in [0.1, 0.15) is 6.29 Å². The van der Waals surface area contributed by atoms with E-state index in [4.69, 9.17) is 5.11 Å². The summed E-state index contributed by atoms with van der Waals surface area (Å²) < 4.78 is 0. The molecule has 0 aliphatic heterocycles. The number of aldehydes is 1. The lowest BCUT2D eigenvalue weighted by Gasteiger charge is -2.19. The Bertz CT molecular complexity index is 185. The molecule has 0 fully saturated rings. The van der Waals surface area contributed by atoms with Crippen molar-refractivity contribution in [1.29, 1.82) is 0 Å². The Morgan fingerprint density at radius 2 is 1.78 bits per heavy atom. The molecule has 0 aliphatic carbocycles. The van der Waals surface area contributed by atoms with Crippen LogP contribution in [0.3, 0.4) is 0 Å². The number of aliphatic hydroxyl groups is 1. The quantitative estimate of drug-likeness (QED) is 0.582. The van der Waals surface area contributed by atoms with E-state index in [0.29, 0.717) is 12.3 Å². The predicted molar refractivity (Wildman–Crippen MR) is 80.0 cm³/mol. The van der Waals surface area contributed by atoms with Gasteiger partial charge in [-0.2, -0.15) is 0 Å². The molecular formula is C13H28BrNO3. The molecule has 0 radical (unpaired) electrons. The molecule has 5 heteroatoms. The Kier molecular flexibility index (Phi) is 20.9. The number of amides is 1. The third-order valence-corrected chi connectivity index (χ3v) is 1.71. The molecule has 0 unspecified atom stereocenters. The standard InChI is InChI=1S/C6H12O.C5H11NO2.C2H5Br/c1-6(2)4-3-5-7;1-5(2,3-7)6-4-8;1-2-3/h5-6H,3-4H2,1-2H3;4,7H,3H2,1-2H3,(H,6,8);2H2,1H3. The molecule has 110 valence electrons. The van der Waals surface area contributed by atoms with Crippen LogP contribution in [0.5, 0.6) is 0 Å². The van der Waals surface area contributed by atoms with E-state index in [1.807, 2.05) is 6.92 Å². The highest BCUT2D eigenvalue weighted by molar-refractivity contribution is 9.09. The molecule has 0 saturated heterocycles. The van der Waals surface area contributed by atoms with Crippen molar-refractivity contribution in [3.05, 3.63) is 0 Å². The SMILES string of the molecule is CC(C)(CO)NC=O.CC(C)CCC=O.CCBr. The number of aliphatic hydroxyl groups excluding tert-OH is 1. The van der Waals surface area contributed by atoms with Crippen LogP contribution in [0.4, 0.5) is 0 Å². The molecule has 0 aromatic rings. The van der Waals surface area contributed by atoms with E-state index in [2.05, 4.69) is 35.1 Å². The third-order valence-electron chi connectivity index (χ3n) is 1.71. The minimum absolute atomic E-state index is 0.0360. The Labute approximate surface area is 120 Å². The van der Waals surface area contributed by atoms with Crippen LogP contribution in [0.1, 0.15) is 47.5 Å². The minimum Gasteiger partial charge on any atom is -0.394 e. The van der Waals surface area contributed by atoms with Crippen molar-refractivity contribution in [3.8, 4) is 0 Å². The van der Waals surface area contributed by atoms with E-state index in [0.717, 1.165) is 24.5 Å². The zero-order valence-electron chi connectivity index (χ0n) is 12.2. The van der Waals surface area contributed by atoms with Crippen LogP contribution < -0.4 is 5.32 Å². The maximum absolute atomic E-state index is 9.76. The summed E-state index contributed by atoms with van der Waals surface area (Å²) in [6.07, 6.45) is 3.30. The fourth-order valence-electron chi connectivity index (χ4n) is 0.607. The van der Waals surface area contributed by atoms with Crippen LogP contribution in [0, 0.1) is 5.92 Å². The molecule has 0 saturated carbocycles. The minimum atomic E-state index is -0.470.